The first-order valence-corrected chi connectivity index (χ1v) is 10.7. The maximum absolute atomic E-state index is 13.0. The fourth-order valence-corrected chi connectivity index (χ4v) is 4.05. The topological polar surface area (TPSA) is 91.0 Å². The molecule has 0 aliphatic carbocycles. The van der Waals surface area contributed by atoms with Crippen molar-refractivity contribution in [2.24, 2.45) is 7.05 Å². The van der Waals surface area contributed by atoms with E-state index < -0.39 is 6.10 Å². The highest BCUT2D eigenvalue weighted by Gasteiger charge is 2.28. The lowest BCUT2D eigenvalue weighted by Gasteiger charge is -2.30. The molecular formula is C21H29N7O2. The molecule has 0 N–H and O–H groups in total. The van der Waals surface area contributed by atoms with E-state index in [4.69, 9.17) is 9.72 Å². The molecule has 0 bridgehead atoms. The van der Waals surface area contributed by atoms with Crippen LogP contribution in [0.4, 0.5) is 0 Å². The molecule has 0 unspecified atom stereocenters. The smallest absolute Gasteiger partial charge is 0.263 e. The normalized spacial score (nSPS) is 15.5. The standard InChI is InChI=1S/C21H29N7O2/c1-5-16(21(29)27-10-8-7-9-11-27)30-20-17-19(22-13-23-20)26(4)18(25-17)15-12-24-28(6-2)14(15)3/h12-13,16H,5-11H2,1-4H3/t16-/m0/s1. The van der Waals surface area contributed by atoms with Crippen LogP contribution in [-0.2, 0) is 18.4 Å². The van der Waals surface area contributed by atoms with E-state index in [1.807, 2.05) is 41.2 Å². The summed E-state index contributed by atoms with van der Waals surface area (Å²) in [4.78, 5) is 28.4. The lowest BCUT2D eigenvalue weighted by Crippen LogP contribution is -2.44. The van der Waals surface area contributed by atoms with Crippen LogP contribution in [0.1, 0.15) is 45.2 Å². The van der Waals surface area contributed by atoms with E-state index in [-0.39, 0.29) is 5.91 Å². The molecule has 1 atom stereocenters. The molecule has 4 heterocycles. The zero-order valence-electron chi connectivity index (χ0n) is 18.1. The number of nitrogens with zero attached hydrogens (tertiary/aromatic N) is 7. The first-order chi connectivity index (χ1) is 14.5. The number of aromatic nitrogens is 6. The van der Waals surface area contributed by atoms with Crippen LogP contribution in [0.15, 0.2) is 12.5 Å². The Balaban J connectivity index is 1.67. The fraction of sp³-hybridized carbons (Fsp3) is 0.571. The van der Waals surface area contributed by atoms with E-state index in [9.17, 15) is 4.79 Å². The maximum atomic E-state index is 13.0. The van der Waals surface area contributed by atoms with E-state index >= 15 is 0 Å². The van der Waals surface area contributed by atoms with Gasteiger partial charge in [0.05, 0.1) is 11.8 Å². The van der Waals surface area contributed by atoms with E-state index in [1.165, 1.54) is 12.7 Å². The van der Waals surface area contributed by atoms with Crippen LogP contribution in [0.5, 0.6) is 5.88 Å². The molecule has 9 heteroatoms. The molecule has 30 heavy (non-hydrogen) atoms. The number of hydrogen-bond acceptors (Lipinski definition) is 6. The lowest BCUT2D eigenvalue weighted by molar-refractivity contribution is -0.139. The van der Waals surface area contributed by atoms with E-state index in [2.05, 4.69) is 22.0 Å². The number of aryl methyl sites for hydroxylation is 2. The van der Waals surface area contributed by atoms with Crippen molar-refractivity contribution in [2.75, 3.05) is 13.1 Å². The number of fused-ring (bicyclic) bond motifs is 1. The van der Waals surface area contributed by atoms with Crippen molar-refractivity contribution < 1.29 is 9.53 Å². The number of rotatable bonds is 6. The largest absolute Gasteiger partial charge is 0.463 e. The van der Waals surface area contributed by atoms with Gasteiger partial charge in [-0.25, -0.2) is 9.97 Å². The zero-order chi connectivity index (χ0) is 21.3. The predicted molar refractivity (Wildman–Crippen MR) is 113 cm³/mol. The summed E-state index contributed by atoms with van der Waals surface area (Å²) in [5.41, 5.74) is 3.21. The van der Waals surface area contributed by atoms with Crippen LogP contribution in [0, 0.1) is 6.92 Å². The molecule has 0 spiro atoms. The number of hydrogen-bond donors (Lipinski definition) is 0. The molecular weight excluding hydrogens is 382 g/mol. The SMILES string of the molecule is CC[C@H](Oc1ncnc2c1nc(-c1cnn(CC)c1C)n2C)C(=O)N1CCCCC1. The van der Waals surface area contributed by atoms with Gasteiger partial charge in [-0.15, -0.1) is 0 Å². The molecule has 1 fully saturated rings. The highest BCUT2D eigenvalue weighted by molar-refractivity contribution is 5.84. The fourth-order valence-electron chi connectivity index (χ4n) is 4.05. The highest BCUT2D eigenvalue weighted by atomic mass is 16.5. The van der Waals surface area contributed by atoms with Gasteiger partial charge in [0, 0.05) is 32.4 Å². The van der Waals surface area contributed by atoms with E-state index in [1.54, 1.807) is 0 Å². The van der Waals surface area contributed by atoms with Crippen LogP contribution in [0.2, 0.25) is 0 Å². The first-order valence-electron chi connectivity index (χ1n) is 10.7. The summed E-state index contributed by atoms with van der Waals surface area (Å²) < 4.78 is 9.96. The van der Waals surface area contributed by atoms with Gasteiger partial charge < -0.3 is 14.2 Å². The highest BCUT2D eigenvalue weighted by Crippen LogP contribution is 2.29. The number of likely N-dealkylation sites (tertiary alicyclic amines) is 1. The van der Waals surface area contributed by atoms with Crippen LogP contribution in [0.3, 0.4) is 0 Å². The summed E-state index contributed by atoms with van der Waals surface area (Å²) >= 11 is 0. The minimum atomic E-state index is -0.573. The quantitative estimate of drug-likeness (QED) is 0.619. The Morgan fingerprint density at radius 1 is 1.20 bits per heavy atom. The van der Waals surface area contributed by atoms with Gasteiger partial charge in [-0.3, -0.25) is 9.48 Å². The third-order valence-corrected chi connectivity index (χ3v) is 5.83. The molecule has 1 saturated heterocycles. The van der Waals surface area contributed by atoms with Crippen molar-refractivity contribution in [1.82, 2.24) is 34.2 Å². The van der Waals surface area contributed by atoms with Gasteiger partial charge in [0.1, 0.15) is 12.2 Å². The molecule has 3 aromatic rings. The Hall–Kier alpha value is -2.97. The predicted octanol–water partition coefficient (Wildman–Crippen LogP) is 2.73. The van der Waals surface area contributed by atoms with Crippen molar-refractivity contribution in [2.45, 2.75) is 59.1 Å². The van der Waals surface area contributed by atoms with Crippen molar-refractivity contribution in [3.05, 3.63) is 18.2 Å². The van der Waals surface area contributed by atoms with Crippen molar-refractivity contribution >= 4 is 17.1 Å². The molecule has 0 aromatic carbocycles. The number of amides is 1. The van der Waals surface area contributed by atoms with Gasteiger partial charge in [0.15, 0.2) is 17.3 Å². The second-order valence-electron chi connectivity index (χ2n) is 7.71. The van der Waals surface area contributed by atoms with Crippen LogP contribution in [0.25, 0.3) is 22.6 Å². The second-order valence-corrected chi connectivity index (χ2v) is 7.71. The Bertz CT molecular complexity index is 1050. The Kier molecular flexibility index (Phi) is 5.69. The van der Waals surface area contributed by atoms with Crippen LogP contribution < -0.4 is 4.74 Å². The third-order valence-electron chi connectivity index (χ3n) is 5.83. The van der Waals surface area contributed by atoms with Gasteiger partial charge in [-0.05, 0) is 39.5 Å². The number of carbonyl (C=O) groups is 1. The second kappa shape index (κ2) is 8.41. The molecule has 160 valence electrons. The minimum Gasteiger partial charge on any atom is -0.463 e. The molecule has 0 saturated carbocycles. The molecule has 9 nitrogen and oxygen atoms in total. The van der Waals surface area contributed by atoms with Crippen molar-refractivity contribution in [3.63, 3.8) is 0 Å². The Morgan fingerprint density at radius 2 is 1.97 bits per heavy atom. The first kappa shape index (κ1) is 20.3. The van der Waals surface area contributed by atoms with Gasteiger partial charge in [0.25, 0.3) is 5.91 Å². The van der Waals surface area contributed by atoms with Gasteiger partial charge >= 0.3 is 0 Å². The summed E-state index contributed by atoms with van der Waals surface area (Å²) in [7, 11) is 1.92. The number of ether oxygens (including phenoxy) is 1. The molecule has 4 rings (SSSR count). The molecule has 1 aliphatic heterocycles. The van der Waals surface area contributed by atoms with E-state index in [0.29, 0.717) is 23.5 Å². The Morgan fingerprint density at radius 3 is 2.63 bits per heavy atom. The van der Waals surface area contributed by atoms with E-state index in [0.717, 1.165) is 49.6 Å². The lowest BCUT2D eigenvalue weighted by atomic mass is 10.1. The zero-order valence-corrected chi connectivity index (χ0v) is 18.1. The number of imidazole rings is 1. The van der Waals surface area contributed by atoms with Crippen LogP contribution in [-0.4, -0.2) is 59.3 Å². The summed E-state index contributed by atoms with van der Waals surface area (Å²) in [5, 5.41) is 4.43. The minimum absolute atomic E-state index is 0.0279. The molecule has 1 amide bonds. The summed E-state index contributed by atoms with van der Waals surface area (Å²) in [6.45, 7) is 8.43. The van der Waals surface area contributed by atoms with Crippen molar-refractivity contribution in [3.8, 4) is 17.3 Å². The van der Waals surface area contributed by atoms with Crippen molar-refractivity contribution in [1.29, 1.82) is 0 Å². The number of piperidine rings is 1. The maximum Gasteiger partial charge on any atom is 0.263 e. The monoisotopic (exact) mass is 411 g/mol. The summed E-state index contributed by atoms with van der Waals surface area (Å²) in [5.74, 6) is 1.13. The van der Waals surface area contributed by atoms with Gasteiger partial charge in [-0.1, -0.05) is 6.92 Å². The van der Waals surface area contributed by atoms with Gasteiger partial charge in [0.2, 0.25) is 5.88 Å². The number of carbonyl (C=O) groups excluding carboxylic acids is 1. The van der Waals surface area contributed by atoms with Crippen LogP contribution >= 0.6 is 0 Å². The summed E-state index contributed by atoms with van der Waals surface area (Å²) in [6, 6.07) is 0. The average molecular weight is 412 g/mol. The summed E-state index contributed by atoms with van der Waals surface area (Å²) in [6.07, 6.45) is 6.56. The molecule has 1 aliphatic rings. The molecule has 0 radical (unpaired) electrons. The van der Waals surface area contributed by atoms with Gasteiger partial charge in [-0.2, -0.15) is 10.1 Å². The average Bonchev–Trinajstić information content (AvgIpc) is 3.31. The third kappa shape index (κ3) is 3.53. The molecule has 3 aromatic heterocycles. The Labute approximate surface area is 176 Å².